The maximum Gasteiger partial charge on any atom is 0.348 e. The number of urea groups is 1. The van der Waals surface area contributed by atoms with Gasteiger partial charge in [0.05, 0.1) is 11.4 Å². The fourth-order valence-electron chi connectivity index (χ4n) is 1.61. The Labute approximate surface area is 122 Å². The number of carboxylic acid groups (broad SMARTS) is 1. The molecule has 0 saturated heterocycles. The number of aryl methyl sites for hydroxylation is 1. The van der Waals surface area contributed by atoms with E-state index < -0.39 is 23.6 Å². The fraction of sp³-hybridized carbons (Fsp3) is 0.0769. The van der Waals surface area contributed by atoms with Gasteiger partial charge in [-0.15, -0.1) is 11.3 Å². The van der Waals surface area contributed by atoms with Gasteiger partial charge in [-0.05, 0) is 30.0 Å². The molecule has 110 valence electrons. The Balaban J connectivity index is 2.15. The van der Waals surface area contributed by atoms with E-state index in [2.05, 4.69) is 10.6 Å². The monoisotopic (exact) mass is 312 g/mol. The van der Waals surface area contributed by atoms with Crippen LogP contribution in [0.3, 0.4) is 0 Å². The van der Waals surface area contributed by atoms with Gasteiger partial charge in [0.25, 0.3) is 0 Å². The number of hydrogen-bond acceptors (Lipinski definition) is 3. The molecule has 1 aromatic heterocycles. The molecule has 0 aliphatic heterocycles. The van der Waals surface area contributed by atoms with Gasteiger partial charge < -0.3 is 15.7 Å². The third kappa shape index (κ3) is 3.34. The lowest BCUT2D eigenvalue weighted by Gasteiger charge is -2.09. The van der Waals surface area contributed by atoms with Crippen LogP contribution in [0.4, 0.5) is 25.0 Å². The van der Waals surface area contributed by atoms with Gasteiger partial charge >= 0.3 is 12.0 Å². The minimum atomic E-state index is -1.17. The second kappa shape index (κ2) is 5.88. The van der Waals surface area contributed by atoms with Crippen LogP contribution in [0.5, 0.6) is 0 Å². The fourth-order valence-corrected chi connectivity index (χ4v) is 2.46. The molecular weight excluding hydrogens is 302 g/mol. The molecule has 0 radical (unpaired) electrons. The van der Waals surface area contributed by atoms with E-state index in [-0.39, 0.29) is 16.3 Å². The minimum absolute atomic E-state index is 0.0257. The van der Waals surface area contributed by atoms with Gasteiger partial charge in [0.1, 0.15) is 16.5 Å². The topological polar surface area (TPSA) is 78.4 Å². The zero-order valence-corrected chi connectivity index (χ0v) is 11.6. The van der Waals surface area contributed by atoms with E-state index in [0.29, 0.717) is 11.6 Å². The van der Waals surface area contributed by atoms with Crippen LogP contribution in [0.15, 0.2) is 23.6 Å². The van der Waals surface area contributed by atoms with Gasteiger partial charge in [-0.25, -0.2) is 18.4 Å². The van der Waals surface area contributed by atoms with E-state index in [1.54, 1.807) is 12.3 Å². The number of carbonyl (C=O) groups excluding carboxylic acids is 1. The third-order valence-electron chi connectivity index (χ3n) is 2.59. The predicted molar refractivity (Wildman–Crippen MR) is 75.0 cm³/mol. The normalized spacial score (nSPS) is 10.2. The lowest BCUT2D eigenvalue weighted by Crippen LogP contribution is -2.21. The van der Waals surface area contributed by atoms with E-state index in [1.807, 2.05) is 0 Å². The van der Waals surface area contributed by atoms with Crippen molar-refractivity contribution in [1.82, 2.24) is 0 Å². The number of amides is 2. The molecule has 0 atom stereocenters. The molecule has 3 N–H and O–H groups in total. The molecule has 0 aliphatic rings. The molecule has 0 saturated carbocycles. The van der Waals surface area contributed by atoms with Crippen LogP contribution >= 0.6 is 11.3 Å². The van der Waals surface area contributed by atoms with Crippen molar-refractivity contribution < 1.29 is 23.5 Å². The number of carbonyl (C=O) groups is 2. The number of anilines is 2. The summed E-state index contributed by atoms with van der Waals surface area (Å²) in [4.78, 5) is 22.8. The predicted octanol–water partition coefficient (Wildman–Crippen LogP) is 3.68. The molecule has 0 bridgehead atoms. The van der Waals surface area contributed by atoms with E-state index in [4.69, 9.17) is 5.11 Å². The van der Waals surface area contributed by atoms with E-state index in [1.165, 1.54) is 0 Å². The zero-order valence-electron chi connectivity index (χ0n) is 10.7. The van der Waals surface area contributed by atoms with Crippen molar-refractivity contribution >= 4 is 34.7 Å². The minimum Gasteiger partial charge on any atom is -0.477 e. The summed E-state index contributed by atoms with van der Waals surface area (Å²) in [6.45, 7) is 1.64. The summed E-state index contributed by atoms with van der Waals surface area (Å²) in [5.74, 6) is -2.86. The number of thiophene rings is 1. The number of rotatable bonds is 3. The summed E-state index contributed by atoms with van der Waals surface area (Å²) < 4.78 is 26.2. The first-order valence-corrected chi connectivity index (χ1v) is 6.61. The molecule has 0 fully saturated rings. The summed E-state index contributed by atoms with van der Waals surface area (Å²) in [5, 5.41) is 15.1. The van der Waals surface area contributed by atoms with Crippen LogP contribution in [0.1, 0.15) is 15.2 Å². The zero-order chi connectivity index (χ0) is 15.6. The largest absolute Gasteiger partial charge is 0.477 e. The summed E-state index contributed by atoms with van der Waals surface area (Å²) in [6.07, 6.45) is 0. The molecule has 8 heteroatoms. The maximum atomic E-state index is 13.4. The molecule has 2 amide bonds. The first kappa shape index (κ1) is 14.9. The lowest BCUT2D eigenvalue weighted by molar-refractivity contribution is 0.0703. The van der Waals surface area contributed by atoms with Crippen LogP contribution in [-0.4, -0.2) is 17.1 Å². The van der Waals surface area contributed by atoms with Crippen LogP contribution in [0.25, 0.3) is 0 Å². The summed E-state index contributed by atoms with van der Waals surface area (Å²) in [5.41, 5.74) is 0.512. The SMILES string of the molecule is Cc1csc(C(=O)O)c1NC(=O)Nc1ccc(F)cc1F. The number of benzene rings is 1. The Morgan fingerprint density at radius 1 is 1.24 bits per heavy atom. The first-order valence-electron chi connectivity index (χ1n) is 5.73. The van der Waals surface area contributed by atoms with Crippen LogP contribution in [0, 0.1) is 18.6 Å². The van der Waals surface area contributed by atoms with Gasteiger partial charge in [-0.1, -0.05) is 0 Å². The van der Waals surface area contributed by atoms with Gasteiger partial charge in [-0.3, -0.25) is 0 Å². The number of hydrogen-bond donors (Lipinski definition) is 3. The second-order valence-corrected chi connectivity index (χ2v) is 5.01. The highest BCUT2D eigenvalue weighted by atomic mass is 32.1. The number of aromatic carboxylic acids is 1. The first-order chi connectivity index (χ1) is 9.88. The number of carboxylic acids is 1. The highest BCUT2D eigenvalue weighted by Crippen LogP contribution is 2.27. The molecule has 2 rings (SSSR count). The van der Waals surface area contributed by atoms with Crippen molar-refractivity contribution in [3.63, 3.8) is 0 Å². The molecular formula is C13H10F2N2O3S. The summed E-state index contributed by atoms with van der Waals surface area (Å²) in [6, 6.07) is 1.89. The van der Waals surface area contributed by atoms with Crippen molar-refractivity contribution in [3.8, 4) is 0 Å². The molecule has 2 aromatic rings. The molecule has 1 aromatic carbocycles. The molecule has 1 heterocycles. The molecule has 0 spiro atoms. The Kier molecular flexibility index (Phi) is 4.18. The molecule has 5 nitrogen and oxygen atoms in total. The van der Waals surface area contributed by atoms with Crippen LogP contribution in [-0.2, 0) is 0 Å². The van der Waals surface area contributed by atoms with Crippen molar-refractivity contribution in [1.29, 1.82) is 0 Å². The van der Waals surface area contributed by atoms with Gasteiger partial charge in [0.15, 0.2) is 0 Å². The van der Waals surface area contributed by atoms with Crippen molar-refractivity contribution in [2.75, 3.05) is 10.6 Å². The summed E-state index contributed by atoms with van der Waals surface area (Å²) in [7, 11) is 0. The lowest BCUT2D eigenvalue weighted by atomic mass is 10.2. The molecule has 0 aliphatic carbocycles. The van der Waals surface area contributed by atoms with Crippen LogP contribution < -0.4 is 10.6 Å². The maximum absolute atomic E-state index is 13.4. The quantitative estimate of drug-likeness (QED) is 0.809. The van der Waals surface area contributed by atoms with Crippen molar-refractivity contribution in [3.05, 3.63) is 45.7 Å². The average molecular weight is 312 g/mol. The van der Waals surface area contributed by atoms with Crippen LogP contribution in [0.2, 0.25) is 0 Å². The Morgan fingerprint density at radius 2 is 1.95 bits per heavy atom. The smallest absolute Gasteiger partial charge is 0.348 e. The second-order valence-electron chi connectivity index (χ2n) is 4.13. The van der Waals surface area contributed by atoms with E-state index in [9.17, 15) is 18.4 Å². The number of halogens is 2. The Hall–Kier alpha value is -2.48. The summed E-state index contributed by atoms with van der Waals surface area (Å²) >= 11 is 0.972. The average Bonchev–Trinajstić information content (AvgIpc) is 2.75. The molecule has 0 unspecified atom stereocenters. The third-order valence-corrected chi connectivity index (χ3v) is 3.67. The van der Waals surface area contributed by atoms with E-state index >= 15 is 0 Å². The van der Waals surface area contributed by atoms with E-state index in [0.717, 1.165) is 23.5 Å². The van der Waals surface area contributed by atoms with Crippen molar-refractivity contribution in [2.24, 2.45) is 0 Å². The van der Waals surface area contributed by atoms with Crippen molar-refractivity contribution in [2.45, 2.75) is 6.92 Å². The standard InChI is InChI=1S/C13H10F2N2O3S/c1-6-5-21-11(12(18)19)10(6)17-13(20)16-9-3-2-7(14)4-8(9)15/h2-5H,1H3,(H,18,19)(H2,16,17,20). The number of nitrogens with one attached hydrogen (secondary N) is 2. The highest BCUT2D eigenvalue weighted by molar-refractivity contribution is 7.12. The van der Waals surface area contributed by atoms with Gasteiger partial charge in [0.2, 0.25) is 0 Å². The molecule has 21 heavy (non-hydrogen) atoms. The highest BCUT2D eigenvalue weighted by Gasteiger charge is 2.17. The Bertz CT molecular complexity index is 715. The van der Waals surface area contributed by atoms with Gasteiger partial charge in [0, 0.05) is 6.07 Å². The van der Waals surface area contributed by atoms with Gasteiger partial charge in [-0.2, -0.15) is 0 Å². The Morgan fingerprint density at radius 3 is 2.57 bits per heavy atom.